The molecule has 4 rings (SSSR count). The van der Waals surface area contributed by atoms with Gasteiger partial charge in [-0.3, -0.25) is 0 Å². The largest absolute Gasteiger partial charge is 0.313 e. The van der Waals surface area contributed by atoms with Gasteiger partial charge in [0.1, 0.15) is 7.14 Å². The number of hydrogen-bond acceptors (Lipinski definition) is 1. The number of benzene rings is 4. The van der Waals surface area contributed by atoms with Crippen molar-refractivity contribution in [1.82, 2.24) is 0 Å². The molecule has 0 aromatic heterocycles. The minimum atomic E-state index is -2.86. The Labute approximate surface area is 186 Å². The lowest BCUT2D eigenvalue weighted by molar-refractivity contribution is 0.586. The zero-order valence-electron chi connectivity index (χ0n) is 18.5. The van der Waals surface area contributed by atoms with E-state index in [0.29, 0.717) is 6.16 Å². The van der Waals surface area contributed by atoms with Crippen molar-refractivity contribution in [2.45, 2.75) is 33.4 Å². The summed E-state index contributed by atoms with van der Waals surface area (Å²) < 4.78 is 14.9. The van der Waals surface area contributed by atoms with Crippen LogP contribution in [-0.4, -0.2) is 0 Å². The Morgan fingerprint density at radius 2 is 1.13 bits per heavy atom. The Morgan fingerprint density at radius 3 is 1.71 bits per heavy atom. The predicted octanol–water partition coefficient (Wildman–Crippen LogP) is 6.72. The quantitative estimate of drug-likeness (QED) is 0.314. The molecule has 0 spiro atoms. The highest BCUT2D eigenvalue weighted by Gasteiger charge is 2.30. The number of hydrogen-bond donors (Lipinski definition) is 0. The van der Waals surface area contributed by atoms with Gasteiger partial charge in [-0.2, -0.15) is 0 Å². The molecule has 2 heteroatoms. The van der Waals surface area contributed by atoms with Crippen LogP contribution in [0.1, 0.15) is 33.4 Å². The van der Waals surface area contributed by atoms with E-state index >= 15 is 0 Å². The molecule has 0 aliphatic carbocycles. The van der Waals surface area contributed by atoms with Crippen molar-refractivity contribution in [2.24, 2.45) is 0 Å². The molecule has 0 fully saturated rings. The van der Waals surface area contributed by atoms with E-state index in [1.807, 2.05) is 54.6 Å². The molecule has 0 amide bonds. The molecule has 156 valence electrons. The standard InChI is InChI=1S/C29H29OP/c1-22-23(2)27(19-25-13-7-4-8-14-25)20-29(24(22)3)31(30,28-17-11-6-12-18-28)21-26-15-9-5-10-16-26/h4-18,20H,19,21H2,1-3H3. The summed E-state index contributed by atoms with van der Waals surface area (Å²) in [6.07, 6.45) is 1.38. The first-order valence-electron chi connectivity index (χ1n) is 10.8. The van der Waals surface area contributed by atoms with Crippen LogP contribution in [0.2, 0.25) is 0 Å². The van der Waals surface area contributed by atoms with Gasteiger partial charge in [0, 0.05) is 16.8 Å². The summed E-state index contributed by atoms with van der Waals surface area (Å²) >= 11 is 0. The topological polar surface area (TPSA) is 17.1 Å². The van der Waals surface area contributed by atoms with Gasteiger partial charge in [-0.25, -0.2) is 0 Å². The molecule has 1 unspecified atom stereocenters. The van der Waals surface area contributed by atoms with Crippen LogP contribution in [0.15, 0.2) is 97.1 Å². The van der Waals surface area contributed by atoms with Crippen LogP contribution in [0.5, 0.6) is 0 Å². The Kier molecular flexibility index (Phi) is 6.25. The Hall–Kier alpha value is -2.89. The highest BCUT2D eigenvalue weighted by molar-refractivity contribution is 7.78. The third-order valence-corrected chi connectivity index (χ3v) is 9.54. The van der Waals surface area contributed by atoms with Crippen molar-refractivity contribution in [3.05, 3.63) is 130 Å². The van der Waals surface area contributed by atoms with Crippen molar-refractivity contribution >= 4 is 17.8 Å². The fraction of sp³-hybridized carbons (Fsp3) is 0.172. The van der Waals surface area contributed by atoms with E-state index in [1.54, 1.807) is 0 Å². The second-order valence-corrected chi connectivity index (χ2v) is 11.1. The minimum absolute atomic E-state index is 0.534. The van der Waals surface area contributed by atoms with E-state index in [-0.39, 0.29) is 0 Å². The summed E-state index contributed by atoms with van der Waals surface area (Å²) in [6, 6.07) is 33.0. The average molecular weight is 425 g/mol. The first-order chi connectivity index (χ1) is 15.0. The van der Waals surface area contributed by atoms with E-state index < -0.39 is 7.14 Å². The summed E-state index contributed by atoms with van der Waals surface area (Å²) in [6.45, 7) is 6.49. The molecule has 0 bridgehead atoms. The van der Waals surface area contributed by atoms with Gasteiger partial charge in [-0.05, 0) is 66.6 Å². The average Bonchev–Trinajstić information content (AvgIpc) is 2.81. The van der Waals surface area contributed by atoms with Crippen LogP contribution in [0.3, 0.4) is 0 Å². The van der Waals surface area contributed by atoms with Gasteiger partial charge >= 0.3 is 0 Å². The Balaban J connectivity index is 1.89. The van der Waals surface area contributed by atoms with Crippen molar-refractivity contribution < 1.29 is 4.57 Å². The maximum absolute atomic E-state index is 14.9. The molecule has 0 aliphatic rings. The lowest BCUT2D eigenvalue weighted by Crippen LogP contribution is -2.22. The van der Waals surface area contributed by atoms with Gasteiger partial charge in [0.15, 0.2) is 0 Å². The molecule has 0 radical (unpaired) electrons. The SMILES string of the molecule is Cc1c(Cc2ccccc2)cc(P(=O)(Cc2ccccc2)c2ccccc2)c(C)c1C. The second kappa shape index (κ2) is 9.08. The maximum atomic E-state index is 14.9. The van der Waals surface area contributed by atoms with Gasteiger partial charge in [-0.15, -0.1) is 0 Å². The summed E-state index contributed by atoms with van der Waals surface area (Å²) in [5.41, 5.74) is 7.33. The van der Waals surface area contributed by atoms with Crippen LogP contribution in [-0.2, 0) is 17.1 Å². The first kappa shape index (κ1) is 21.3. The van der Waals surface area contributed by atoms with E-state index in [2.05, 4.69) is 63.2 Å². The summed E-state index contributed by atoms with van der Waals surface area (Å²) in [7, 11) is -2.86. The fourth-order valence-corrected chi connectivity index (χ4v) is 7.38. The molecule has 0 N–H and O–H groups in total. The highest BCUT2D eigenvalue weighted by Crippen LogP contribution is 2.48. The third kappa shape index (κ3) is 4.43. The van der Waals surface area contributed by atoms with Gasteiger partial charge in [0.05, 0.1) is 0 Å². The lowest BCUT2D eigenvalue weighted by Gasteiger charge is -2.25. The molecule has 4 aromatic rings. The Morgan fingerprint density at radius 1 is 0.613 bits per heavy atom. The third-order valence-electron chi connectivity index (χ3n) is 6.35. The van der Waals surface area contributed by atoms with Crippen LogP contribution in [0, 0.1) is 20.8 Å². The van der Waals surface area contributed by atoms with Gasteiger partial charge in [0.2, 0.25) is 0 Å². The molecule has 0 heterocycles. The first-order valence-corrected chi connectivity index (χ1v) is 12.7. The van der Waals surface area contributed by atoms with Crippen molar-refractivity contribution in [2.75, 3.05) is 0 Å². The van der Waals surface area contributed by atoms with Crippen molar-refractivity contribution in [1.29, 1.82) is 0 Å². The van der Waals surface area contributed by atoms with Crippen LogP contribution in [0.4, 0.5) is 0 Å². The molecular weight excluding hydrogens is 395 g/mol. The van der Waals surface area contributed by atoms with Gasteiger partial charge in [0.25, 0.3) is 0 Å². The van der Waals surface area contributed by atoms with Crippen molar-refractivity contribution in [3.8, 4) is 0 Å². The summed E-state index contributed by atoms with van der Waals surface area (Å²) in [5, 5.41) is 1.92. The Bertz CT molecular complexity index is 1210. The predicted molar refractivity (Wildman–Crippen MR) is 133 cm³/mol. The van der Waals surface area contributed by atoms with Crippen LogP contribution in [0.25, 0.3) is 0 Å². The monoisotopic (exact) mass is 424 g/mol. The smallest absolute Gasteiger partial charge is 0.147 e. The van der Waals surface area contributed by atoms with Gasteiger partial charge < -0.3 is 4.57 Å². The molecule has 0 saturated carbocycles. The van der Waals surface area contributed by atoms with Gasteiger partial charge in [-0.1, -0.05) is 91.0 Å². The van der Waals surface area contributed by atoms with Crippen LogP contribution < -0.4 is 10.6 Å². The molecule has 0 aliphatic heterocycles. The van der Waals surface area contributed by atoms with E-state index in [1.165, 1.54) is 22.3 Å². The summed E-state index contributed by atoms with van der Waals surface area (Å²) in [4.78, 5) is 0. The van der Waals surface area contributed by atoms with Crippen molar-refractivity contribution in [3.63, 3.8) is 0 Å². The minimum Gasteiger partial charge on any atom is -0.313 e. The highest BCUT2D eigenvalue weighted by atomic mass is 31.2. The lowest BCUT2D eigenvalue weighted by atomic mass is 9.94. The molecule has 1 atom stereocenters. The second-order valence-electron chi connectivity index (χ2n) is 8.31. The number of rotatable bonds is 6. The zero-order valence-corrected chi connectivity index (χ0v) is 19.4. The maximum Gasteiger partial charge on any atom is 0.147 e. The van der Waals surface area contributed by atoms with Crippen LogP contribution >= 0.6 is 7.14 Å². The molecular formula is C29H29OP. The van der Waals surface area contributed by atoms with E-state index in [4.69, 9.17) is 0 Å². The molecule has 0 saturated heterocycles. The molecule has 4 aromatic carbocycles. The van der Waals surface area contributed by atoms with E-state index in [9.17, 15) is 4.57 Å². The zero-order chi connectivity index (χ0) is 21.8. The van der Waals surface area contributed by atoms with E-state index in [0.717, 1.165) is 28.2 Å². The fourth-order valence-electron chi connectivity index (χ4n) is 4.30. The molecule has 1 nitrogen and oxygen atoms in total. The molecule has 31 heavy (non-hydrogen) atoms. The summed E-state index contributed by atoms with van der Waals surface area (Å²) in [5.74, 6) is 0. The normalized spacial score (nSPS) is 13.0.